The van der Waals surface area contributed by atoms with Crippen LogP contribution in [-0.2, 0) is 6.42 Å². The molecule has 0 aliphatic carbocycles. The second-order valence-electron chi connectivity index (χ2n) is 7.11. The Labute approximate surface area is 160 Å². The van der Waals surface area contributed by atoms with Gasteiger partial charge < -0.3 is 9.88 Å². The molecule has 0 spiro atoms. The molecule has 1 N–H and O–H groups in total. The maximum atomic E-state index is 13.1. The molecule has 28 heavy (non-hydrogen) atoms. The van der Waals surface area contributed by atoms with Crippen LogP contribution in [0.2, 0.25) is 0 Å². The van der Waals surface area contributed by atoms with E-state index in [2.05, 4.69) is 9.97 Å². The van der Waals surface area contributed by atoms with Crippen molar-refractivity contribution in [2.45, 2.75) is 19.3 Å². The van der Waals surface area contributed by atoms with E-state index in [1.54, 1.807) is 18.2 Å². The molecule has 0 atom stereocenters. The molecule has 0 radical (unpaired) electrons. The van der Waals surface area contributed by atoms with E-state index in [0.29, 0.717) is 30.2 Å². The monoisotopic (exact) mass is 382 g/mol. The molecule has 0 saturated carbocycles. The van der Waals surface area contributed by atoms with E-state index in [1.165, 1.54) is 24.5 Å². The molecule has 0 unspecified atom stereocenters. The van der Waals surface area contributed by atoms with Crippen LogP contribution in [0, 0.1) is 21.8 Å². The van der Waals surface area contributed by atoms with Gasteiger partial charge in [0, 0.05) is 19.2 Å². The summed E-state index contributed by atoms with van der Waals surface area (Å²) in [6.07, 6.45) is 3.94. The van der Waals surface area contributed by atoms with Crippen LogP contribution in [0.5, 0.6) is 0 Å². The highest BCUT2D eigenvalue weighted by Gasteiger charge is 2.26. The number of nitrogens with zero attached hydrogens (tertiary/aromatic N) is 3. The van der Waals surface area contributed by atoms with E-state index in [0.717, 1.165) is 24.8 Å². The van der Waals surface area contributed by atoms with Crippen molar-refractivity contribution in [3.8, 4) is 0 Å². The highest BCUT2D eigenvalue weighted by molar-refractivity contribution is 5.87. The van der Waals surface area contributed by atoms with Crippen LogP contribution in [-0.4, -0.2) is 28.0 Å². The number of rotatable bonds is 4. The first kappa shape index (κ1) is 18.1. The van der Waals surface area contributed by atoms with E-state index >= 15 is 0 Å². The molecule has 1 saturated heterocycles. The number of nitro benzene ring substituents is 1. The van der Waals surface area contributed by atoms with Gasteiger partial charge in [-0.05, 0) is 48.9 Å². The van der Waals surface area contributed by atoms with Crippen LogP contribution >= 0.6 is 0 Å². The predicted octanol–water partition coefficient (Wildman–Crippen LogP) is 3.43. The molecule has 7 nitrogen and oxygen atoms in total. The summed E-state index contributed by atoms with van der Waals surface area (Å²) in [4.78, 5) is 31.6. The van der Waals surface area contributed by atoms with Crippen molar-refractivity contribution in [1.82, 2.24) is 9.97 Å². The molecule has 2 heterocycles. The van der Waals surface area contributed by atoms with Gasteiger partial charge in [-0.3, -0.25) is 14.9 Å². The first-order chi connectivity index (χ1) is 13.5. The molecular formula is C20H19FN4O3. The second-order valence-corrected chi connectivity index (χ2v) is 7.11. The third kappa shape index (κ3) is 3.58. The standard InChI is InChI=1S/C20H19FN4O3/c21-15-3-1-13(2-4-15)9-14-5-7-24(8-6-14)18-11-17-16(10-19(18)25(27)28)20(26)23-12-22-17/h1-4,10-12,14H,5-9H2,(H,22,23,26). The highest BCUT2D eigenvalue weighted by Crippen LogP contribution is 2.34. The Morgan fingerprint density at radius 2 is 1.93 bits per heavy atom. The Hall–Kier alpha value is -3.29. The van der Waals surface area contributed by atoms with Crippen molar-refractivity contribution in [3.05, 3.63) is 74.6 Å². The first-order valence-corrected chi connectivity index (χ1v) is 9.16. The Morgan fingerprint density at radius 1 is 1.21 bits per heavy atom. The van der Waals surface area contributed by atoms with Gasteiger partial charge >= 0.3 is 0 Å². The molecule has 0 amide bonds. The number of hydrogen-bond acceptors (Lipinski definition) is 5. The van der Waals surface area contributed by atoms with Crippen molar-refractivity contribution in [2.24, 2.45) is 5.92 Å². The Balaban J connectivity index is 1.54. The van der Waals surface area contributed by atoms with Crippen LogP contribution < -0.4 is 10.5 Å². The lowest BCUT2D eigenvalue weighted by molar-refractivity contribution is -0.384. The number of nitro groups is 1. The smallest absolute Gasteiger partial charge is 0.293 e. The van der Waals surface area contributed by atoms with Crippen LogP contribution in [0.25, 0.3) is 10.9 Å². The van der Waals surface area contributed by atoms with Gasteiger partial charge in [-0.15, -0.1) is 0 Å². The van der Waals surface area contributed by atoms with Crippen LogP contribution in [0.1, 0.15) is 18.4 Å². The van der Waals surface area contributed by atoms with E-state index < -0.39 is 10.5 Å². The third-order valence-electron chi connectivity index (χ3n) is 5.33. The van der Waals surface area contributed by atoms with Gasteiger partial charge in [0.05, 0.1) is 22.2 Å². The summed E-state index contributed by atoms with van der Waals surface area (Å²) >= 11 is 0. The number of aromatic nitrogens is 2. The molecule has 144 valence electrons. The van der Waals surface area contributed by atoms with Gasteiger partial charge in [0.1, 0.15) is 11.5 Å². The van der Waals surface area contributed by atoms with E-state index in [4.69, 9.17) is 0 Å². The van der Waals surface area contributed by atoms with Gasteiger partial charge in [0.15, 0.2) is 0 Å². The minimum atomic E-state index is -0.453. The quantitative estimate of drug-likeness (QED) is 0.551. The number of aromatic amines is 1. The topological polar surface area (TPSA) is 92.1 Å². The fourth-order valence-electron chi connectivity index (χ4n) is 3.82. The van der Waals surface area contributed by atoms with Crippen molar-refractivity contribution in [3.63, 3.8) is 0 Å². The molecule has 1 aliphatic heterocycles. The minimum absolute atomic E-state index is 0.0806. The number of anilines is 1. The van der Waals surface area contributed by atoms with Gasteiger partial charge in [-0.2, -0.15) is 0 Å². The largest absolute Gasteiger partial charge is 0.366 e. The molecule has 1 aromatic heterocycles. The molecule has 4 rings (SSSR count). The van der Waals surface area contributed by atoms with E-state index in [9.17, 15) is 19.3 Å². The zero-order valence-corrected chi connectivity index (χ0v) is 15.1. The Kier molecular flexibility index (Phi) is 4.77. The van der Waals surface area contributed by atoms with E-state index in [-0.39, 0.29) is 16.9 Å². The lowest BCUT2D eigenvalue weighted by Crippen LogP contribution is -2.34. The van der Waals surface area contributed by atoms with Crippen molar-refractivity contribution in [1.29, 1.82) is 0 Å². The average molecular weight is 382 g/mol. The van der Waals surface area contributed by atoms with Crippen LogP contribution in [0.4, 0.5) is 15.8 Å². The molecule has 2 aromatic carbocycles. The fourth-order valence-corrected chi connectivity index (χ4v) is 3.82. The fraction of sp³-hybridized carbons (Fsp3) is 0.300. The number of piperidine rings is 1. The molecule has 1 fully saturated rings. The summed E-state index contributed by atoms with van der Waals surface area (Å²) in [5.41, 5.74) is 1.56. The molecule has 1 aliphatic rings. The van der Waals surface area contributed by atoms with Crippen LogP contribution in [0.15, 0.2) is 47.5 Å². The summed E-state index contributed by atoms with van der Waals surface area (Å²) in [6.45, 7) is 1.36. The van der Waals surface area contributed by atoms with Crippen molar-refractivity contribution >= 4 is 22.3 Å². The summed E-state index contributed by atoms with van der Waals surface area (Å²) in [5, 5.41) is 11.8. The summed E-state index contributed by atoms with van der Waals surface area (Å²) in [5.74, 6) is 0.205. The summed E-state index contributed by atoms with van der Waals surface area (Å²) in [6, 6.07) is 9.48. The maximum Gasteiger partial charge on any atom is 0.293 e. The third-order valence-corrected chi connectivity index (χ3v) is 5.33. The lowest BCUT2D eigenvalue weighted by atomic mass is 9.90. The minimum Gasteiger partial charge on any atom is -0.366 e. The zero-order valence-electron chi connectivity index (χ0n) is 15.1. The molecule has 8 heteroatoms. The maximum absolute atomic E-state index is 13.1. The summed E-state index contributed by atoms with van der Waals surface area (Å²) < 4.78 is 13.1. The van der Waals surface area contributed by atoms with Gasteiger partial charge in [0.2, 0.25) is 0 Å². The number of halogens is 1. The number of fused-ring (bicyclic) bond motifs is 1. The van der Waals surface area contributed by atoms with E-state index in [1.807, 2.05) is 4.90 Å². The number of H-pyrrole nitrogens is 1. The first-order valence-electron chi connectivity index (χ1n) is 9.16. The Bertz CT molecular complexity index is 1070. The zero-order chi connectivity index (χ0) is 19.7. The SMILES string of the molecule is O=c1[nH]cnc2cc(N3CCC(Cc4ccc(F)cc4)CC3)c([N+](=O)[O-])cc12. The van der Waals surface area contributed by atoms with Crippen molar-refractivity contribution < 1.29 is 9.31 Å². The van der Waals surface area contributed by atoms with Gasteiger partial charge in [0.25, 0.3) is 11.2 Å². The molecular weight excluding hydrogens is 363 g/mol. The highest BCUT2D eigenvalue weighted by atomic mass is 19.1. The number of nitrogens with one attached hydrogen (secondary N) is 1. The Morgan fingerprint density at radius 3 is 2.61 bits per heavy atom. The predicted molar refractivity (Wildman–Crippen MR) is 104 cm³/mol. The molecule has 3 aromatic rings. The van der Waals surface area contributed by atoms with Crippen molar-refractivity contribution in [2.75, 3.05) is 18.0 Å². The second kappa shape index (κ2) is 7.38. The normalized spacial score (nSPS) is 15.1. The molecule has 0 bridgehead atoms. The lowest BCUT2D eigenvalue weighted by Gasteiger charge is -2.33. The van der Waals surface area contributed by atoms with Gasteiger partial charge in [-0.1, -0.05) is 12.1 Å². The van der Waals surface area contributed by atoms with Gasteiger partial charge in [-0.25, -0.2) is 9.37 Å². The van der Waals surface area contributed by atoms with Crippen LogP contribution in [0.3, 0.4) is 0 Å². The summed E-state index contributed by atoms with van der Waals surface area (Å²) in [7, 11) is 0. The number of benzene rings is 2. The number of hydrogen-bond donors (Lipinski definition) is 1. The average Bonchev–Trinajstić information content (AvgIpc) is 2.70.